The Hall–Kier alpha value is -2.51. The Morgan fingerprint density at radius 1 is 0.615 bits per heavy atom. The molecule has 2 aliphatic carbocycles. The minimum Gasteiger partial charge on any atom is -0.453 e. The molecular weight excluding hydrogens is 861 g/mol. The molecule has 0 N–H and O–H groups in total. The Morgan fingerprint density at radius 3 is 1.42 bits per heavy atom. The van der Waals surface area contributed by atoms with Crippen molar-refractivity contribution in [2.24, 2.45) is 0 Å². The summed E-state index contributed by atoms with van der Waals surface area (Å²) in [5.41, 5.74) is -0.322. The van der Waals surface area contributed by atoms with Crippen LogP contribution < -0.4 is 0 Å². The van der Waals surface area contributed by atoms with Gasteiger partial charge in [0.15, 0.2) is 34.8 Å². The quantitative estimate of drug-likeness (QED) is 0.117. The zero-order chi connectivity index (χ0) is 48.1. The third kappa shape index (κ3) is 10.6. The van der Waals surface area contributed by atoms with Gasteiger partial charge in [-0.05, 0) is 99.8 Å². The Labute approximate surface area is 391 Å². The molecule has 2 aromatic carbocycles. The first-order valence-corrected chi connectivity index (χ1v) is 29.7. The number of fused-ring (bicyclic) bond motifs is 1. The molecule has 12 nitrogen and oxygen atoms in total. The van der Waals surface area contributed by atoms with Crippen molar-refractivity contribution >= 4 is 28.6 Å². The number of hydrogen-bond donors (Lipinski definition) is 0. The smallest absolute Gasteiger partial charge is 0.305 e. The summed E-state index contributed by atoms with van der Waals surface area (Å²) in [6.45, 7) is 34.1. The molecule has 364 valence electrons. The van der Waals surface area contributed by atoms with Crippen LogP contribution in [-0.4, -0.2) is 93.8 Å². The molecular formula is C51H80O12Si2. The molecule has 0 radical (unpaired) electrons. The average molecular weight is 941 g/mol. The molecule has 5 fully saturated rings. The third-order valence-corrected chi connectivity index (χ3v) is 24.2. The van der Waals surface area contributed by atoms with E-state index < -0.39 is 76.0 Å². The molecule has 5 aliphatic rings. The normalized spacial score (nSPS) is 31.1. The molecule has 3 heterocycles. The molecule has 2 aromatic rings. The van der Waals surface area contributed by atoms with Gasteiger partial charge >= 0.3 is 11.9 Å². The lowest BCUT2D eigenvalue weighted by Crippen LogP contribution is -2.60. The Balaban J connectivity index is 0.000000216. The van der Waals surface area contributed by atoms with E-state index in [1.54, 1.807) is 0 Å². The number of carbonyl (C=O) groups excluding carboxylic acids is 2. The van der Waals surface area contributed by atoms with Gasteiger partial charge in [-0.2, -0.15) is 0 Å². The van der Waals surface area contributed by atoms with E-state index in [4.69, 9.17) is 46.7 Å². The van der Waals surface area contributed by atoms with E-state index in [0.717, 1.165) is 43.2 Å². The minimum absolute atomic E-state index is 0.00108. The van der Waals surface area contributed by atoms with E-state index in [0.29, 0.717) is 19.6 Å². The summed E-state index contributed by atoms with van der Waals surface area (Å²) in [6, 6.07) is 20.1. The number of rotatable bonds is 16. The molecule has 2 saturated carbocycles. The molecule has 0 bridgehead atoms. The van der Waals surface area contributed by atoms with Gasteiger partial charge < -0.3 is 46.7 Å². The number of hydrogen-bond acceptors (Lipinski definition) is 12. The van der Waals surface area contributed by atoms with Crippen LogP contribution in [-0.2, 0) is 69.5 Å². The van der Waals surface area contributed by atoms with Crippen LogP contribution in [0.4, 0.5) is 0 Å². The molecule has 8 atom stereocenters. The molecule has 0 spiro atoms. The van der Waals surface area contributed by atoms with Gasteiger partial charge in [0.1, 0.15) is 29.5 Å². The van der Waals surface area contributed by atoms with Gasteiger partial charge in [0.2, 0.25) is 6.29 Å². The molecule has 0 aromatic heterocycles. The molecule has 3 aliphatic heterocycles. The SMILES string of the molecule is CC[C@@]1(C2(O[Si](C)(C)C(C)(C)C)CC2)OC(OC(C)=O)[C@@H](OC(C)=O)C1OCc1ccccc1.CC[C@@]1(C2(O[Si](C)(C)C(C)(C)C)CC2)O[C@@H]2OC(C)(C)O[C@H]2C1OCc1ccccc1. The molecule has 65 heavy (non-hydrogen) atoms. The van der Waals surface area contributed by atoms with E-state index in [2.05, 4.69) is 86.8 Å². The van der Waals surface area contributed by atoms with Crippen LogP contribution in [0, 0.1) is 0 Å². The van der Waals surface area contributed by atoms with Gasteiger partial charge in [-0.15, -0.1) is 0 Å². The van der Waals surface area contributed by atoms with E-state index >= 15 is 0 Å². The average Bonchev–Trinajstić information content (AvgIpc) is 4.09. The highest BCUT2D eigenvalue weighted by Gasteiger charge is 2.75. The topological polar surface area (TPSA) is 126 Å². The highest BCUT2D eigenvalue weighted by Crippen LogP contribution is 2.63. The predicted molar refractivity (Wildman–Crippen MR) is 254 cm³/mol. The van der Waals surface area contributed by atoms with E-state index in [-0.39, 0.29) is 27.9 Å². The second-order valence-electron chi connectivity index (χ2n) is 22.4. The maximum absolute atomic E-state index is 12.1. The second kappa shape index (κ2) is 18.8. The minimum atomic E-state index is -2.18. The second-order valence-corrected chi connectivity index (χ2v) is 31.8. The van der Waals surface area contributed by atoms with Crippen molar-refractivity contribution in [2.75, 3.05) is 0 Å². The first-order valence-electron chi connectivity index (χ1n) is 23.9. The van der Waals surface area contributed by atoms with Crippen LogP contribution in [0.2, 0.25) is 36.3 Å². The van der Waals surface area contributed by atoms with Crippen LogP contribution in [0.25, 0.3) is 0 Å². The van der Waals surface area contributed by atoms with Crippen molar-refractivity contribution in [3.05, 3.63) is 71.8 Å². The molecule has 14 heteroatoms. The largest absolute Gasteiger partial charge is 0.453 e. The summed E-state index contributed by atoms with van der Waals surface area (Å²) in [7, 11) is -4.19. The summed E-state index contributed by atoms with van der Waals surface area (Å²) in [5, 5.41) is 0.127. The molecule has 7 rings (SSSR count). The number of carbonyl (C=O) groups is 2. The Morgan fingerprint density at radius 2 is 1.03 bits per heavy atom. The van der Waals surface area contributed by atoms with Crippen molar-refractivity contribution in [3.8, 4) is 0 Å². The van der Waals surface area contributed by atoms with E-state index in [9.17, 15) is 9.59 Å². The van der Waals surface area contributed by atoms with Gasteiger partial charge in [-0.1, -0.05) is 116 Å². The monoisotopic (exact) mass is 941 g/mol. The lowest BCUT2D eigenvalue weighted by molar-refractivity contribution is -0.268. The summed E-state index contributed by atoms with van der Waals surface area (Å²) in [6.07, 6.45) is 1.34. The lowest BCUT2D eigenvalue weighted by atomic mass is 9.84. The van der Waals surface area contributed by atoms with E-state index in [1.807, 2.05) is 69.3 Å². The van der Waals surface area contributed by atoms with Crippen LogP contribution in [0.5, 0.6) is 0 Å². The Bertz CT molecular complexity index is 1940. The first kappa shape index (κ1) is 51.9. The van der Waals surface area contributed by atoms with Crippen molar-refractivity contribution in [3.63, 3.8) is 0 Å². The van der Waals surface area contributed by atoms with Crippen molar-refractivity contribution in [2.45, 2.75) is 236 Å². The van der Waals surface area contributed by atoms with Gasteiger partial charge in [-0.3, -0.25) is 9.59 Å². The first-order chi connectivity index (χ1) is 30.1. The van der Waals surface area contributed by atoms with Crippen LogP contribution in [0.15, 0.2) is 60.7 Å². The summed E-state index contributed by atoms with van der Waals surface area (Å²) < 4.78 is 64.3. The fourth-order valence-electron chi connectivity index (χ4n) is 9.57. The maximum atomic E-state index is 12.1. The zero-order valence-electron chi connectivity index (χ0n) is 42.3. The van der Waals surface area contributed by atoms with Gasteiger partial charge in [0, 0.05) is 13.8 Å². The van der Waals surface area contributed by atoms with Crippen LogP contribution in [0.1, 0.15) is 133 Å². The summed E-state index contributed by atoms with van der Waals surface area (Å²) >= 11 is 0. The van der Waals surface area contributed by atoms with Gasteiger partial charge in [0.25, 0.3) is 0 Å². The predicted octanol–water partition coefficient (Wildman–Crippen LogP) is 10.9. The van der Waals surface area contributed by atoms with Crippen LogP contribution >= 0.6 is 0 Å². The molecule has 3 unspecified atom stereocenters. The summed E-state index contributed by atoms with van der Waals surface area (Å²) in [5.74, 6) is -1.67. The van der Waals surface area contributed by atoms with Gasteiger partial charge in [0.05, 0.1) is 24.4 Å². The lowest BCUT2D eigenvalue weighted by Gasteiger charge is -2.48. The van der Waals surface area contributed by atoms with Gasteiger partial charge in [-0.25, -0.2) is 0 Å². The standard InChI is InChI=1S/C26H40O7Si.C25H40O5Si/c1-9-26(25(15-16-25)33-34(7,8)24(4,5)6)22(29-17-20-13-11-10-12-14-20)21(30-18(2)27)23(32-26)31-19(3)28;1-9-25(24(15-16-24)30-31(7,8)22(2,3)4)20(26-17-18-13-11-10-12-14-18)19-21(29-25)28-23(5,6)27-19/h10-14,21-23H,9,15-17H2,1-8H3;10-14,19-21H,9,15-17H2,1-8H3/t21-,22?,23?,26+;19-,20?,21-,25+/m00/s1. The number of benzene rings is 2. The fraction of sp³-hybridized carbons (Fsp3) is 0.725. The van der Waals surface area contributed by atoms with Crippen molar-refractivity contribution < 1.29 is 56.3 Å². The number of ether oxygens (including phenoxy) is 8. The third-order valence-electron chi connectivity index (χ3n) is 15.2. The molecule has 3 saturated heterocycles. The van der Waals surface area contributed by atoms with Crippen molar-refractivity contribution in [1.82, 2.24) is 0 Å². The number of esters is 2. The highest BCUT2D eigenvalue weighted by atomic mass is 28.4. The van der Waals surface area contributed by atoms with E-state index in [1.165, 1.54) is 13.8 Å². The molecule has 0 amide bonds. The van der Waals surface area contributed by atoms with Crippen molar-refractivity contribution in [1.29, 1.82) is 0 Å². The Kier molecular flexibility index (Phi) is 15.0. The highest BCUT2D eigenvalue weighted by molar-refractivity contribution is 6.74. The maximum Gasteiger partial charge on any atom is 0.305 e. The summed E-state index contributed by atoms with van der Waals surface area (Å²) in [4.78, 5) is 24.0. The fourth-order valence-corrected chi connectivity index (χ4v) is 12.9. The zero-order valence-corrected chi connectivity index (χ0v) is 44.3. The van der Waals surface area contributed by atoms with Crippen LogP contribution in [0.3, 0.4) is 0 Å².